The summed E-state index contributed by atoms with van der Waals surface area (Å²) in [5.74, 6) is 0.228. The highest BCUT2D eigenvalue weighted by Gasteiger charge is 2.00. The van der Waals surface area contributed by atoms with E-state index in [9.17, 15) is 0 Å². The Balaban J connectivity index is 2.21. The molecule has 0 saturated heterocycles. The van der Waals surface area contributed by atoms with Crippen LogP contribution >= 0.6 is 0 Å². The molecule has 0 fully saturated rings. The number of anilines is 1. The van der Waals surface area contributed by atoms with Crippen LogP contribution in [0.2, 0.25) is 0 Å². The van der Waals surface area contributed by atoms with E-state index in [0.29, 0.717) is 12.1 Å². The summed E-state index contributed by atoms with van der Waals surface area (Å²) < 4.78 is 1.57. The molecule has 0 aliphatic rings. The average molecular weight is 200 g/mol. The van der Waals surface area contributed by atoms with E-state index in [2.05, 4.69) is 15.1 Å². The van der Waals surface area contributed by atoms with Crippen LogP contribution in [-0.2, 0) is 6.54 Å². The number of nitrogen functional groups attached to an aromatic ring is 1. The summed E-state index contributed by atoms with van der Waals surface area (Å²) in [4.78, 5) is 7.90. The Morgan fingerprint density at radius 3 is 3.00 bits per heavy atom. The molecule has 2 aromatic rings. The van der Waals surface area contributed by atoms with Crippen molar-refractivity contribution in [3.8, 4) is 6.07 Å². The first-order valence-corrected chi connectivity index (χ1v) is 4.28. The molecule has 0 spiro atoms. The Morgan fingerprint density at radius 2 is 2.33 bits per heavy atom. The minimum Gasteiger partial charge on any atom is -0.367 e. The van der Waals surface area contributed by atoms with Crippen LogP contribution in [0.25, 0.3) is 0 Å². The molecule has 6 nitrogen and oxygen atoms in total. The Kier molecular flexibility index (Phi) is 2.29. The van der Waals surface area contributed by atoms with Crippen LogP contribution in [0.1, 0.15) is 11.3 Å². The normalized spacial score (nSPS) is 9.80. The van der Waals surface area contributed by atoms with Gasteiger partial charge >= 0.3 is 0 Å². The van der Waals surface area contributed by atoms with Crippen molar-refractivity contribution in [1.82, 2.24) is 19.7 Å². The van der Waals surface area contributed by atoms with E-state index in [1.807, 2.05) is 6.07 Å². The molecule has 0 amide bonds. The Hall–Kier alpha value is -2.42. The predicted octanol–water partition coefficient (Wildman–Crippen LogP) is 0.175. The summed E-state index contributed by atoms with van der Waals surface area (Å²) >= 11 is 0. The van der Waals surface area contributed by atoms with Gasteiger partial charge in [-0.3, -0.25) is 4.98 Å². The van der Waals surface area contributed by atoms with Crippen LogP contribution < -0.4 is 5.73 Å². The molecule has 2 rings (SSSR count). The number of nitrogens with two attached hydrogens (primary N) is 1. The highest BCUT2D eigenvalue weighted by molar-refractivity contribution is 5.28. The maximum absolute atomic E-state index is 8.70. The standard InChI is InChI=1S/C9H8N6/c10-4-7-1-2-12-8(3-7)5-15-6-13-9(11)14-15/h1-3,6H,5H2,(H2,11,14). The van der Waals surface area contributed by atoms with Gasteiger partial charge in [-0.2, -0.15) is 5.26 Å². The number of rotatable bonds is 2. The fourth-order valence-corrected chi connectivity index (χ4v) is 1.19. The van der Waals surface area contributed by atoms with Crippen molar-refractivity contribution < 1.29 is 0 Å². The molecule has 15 heavy (non-hydrogen) atoms. The lowest BCUT2D eigenvalue weighted by molar-refractivity contribution is 0.673. The van der Waals surface area contributed by atoms with Gasteiger partial charge in [0.2, 0.25) is 5.95 Å². The minimum absolute atomic E-state index is 0.228. The van der Waals surface area contributed by atoms with Gasteiger partial charge in [0.25, 0.3) is 0 Å². The number of pyridine rings is 1. The van der Waals surface area contributed by atoms with Gasteiger partial charge in [0, 0.05) is 6.20 Å². The highest BCUT2D eigenvalue weighted by Crippen LogP contribution is 2.02. The van der Waals surface area contributed by atoms with E-state index in [-0.39, 0.29) is 5.95 Å². The first-order chi connectivity index (χ1) is 7.28. The SMILES string of the molecule is N#Cc1ccnc(Cn2cnc(N)n2)c1. The second kappa shape index (κ2) is 3.75. The molecule has 6 heteroatoms. The Morgan fingerprint density at radius 1 is 1.47 bits per heavy atom. The summed E-state index contributed by atoms with van der Waals surface area (Å²) in [6.45, 7) is 0.458. The van der Waals surface area contributed by atoms with Gasteiger partial charge < -0.3 is 5.73 Å². The van der Waals surface area contributed by atoms with Crippen LogP contribution in [0.4, 0.5) is 5.95 Å². The molecule has 0 radical (unpaired) electrons. The van der Waals surface area contributed by atoms with E-state index in [1.165, 1.54) is 6.33 Å². The maximum Gasteiger partial charge on any atom is 0.239 e. The van der Waals surface area contributed by atoms with Crippen molar-refractivity contribution in [2.45, 2.75) is 6.54 Å². The quantitative estimate of drug-likeness (QED) is 0.746. The van der Waals surface area contributed by atoms with Crippen LogP contribution in [0.15, 0.2) is 24.7 Å². The zero-order valence-corrected chi connectivity index (χ0v) is 7.83. The van der Waals surface area contributed by atoms with Crippen molar-refractivity contribution in [2.24, 2.45) is 0 Å². The zero-order chi connectivity index (χ0) is 10.7. The molecule has 2 heterocycles. The van der Waals surface area contributed by atoms with Crippen molar-refractivity contribution in [1.29, 1.82) is 5.26 Å². The summed E-state index contributed by atoms with van der Waals surface area (Å²) in [6, 6.07) is 5.41. The third-order valence-corrected chi connectivity index (χ3v) is 1.82. The molecule has 0 saturated carbocycles. The van der Waals surface area contributed by atoms with Crippen molar-refractivity contribution in [2.75, 3.05) is 5.73 Å². The molecule has 0 aliphatic carbocycles. The van der Waals surface area contributed by atoms with E-state index in [4.69, 9.17) is 11.0 Å². The van der Waals surface area contributed by atoms with Gasteiger partial charge in [-0.25, -0.2) is 9.67 Å². The van der Waals surface area contributed by atoms with Crippen LogP contribution in [0, 0.1) is 11.3 Å². The van der Waals surface area contributed by atoms with E-state index in [1.54, 1.807) is 23.0 Å². The van der Waals surface area contributed by atoms with E-state index in [0.717, 1.165) is 5.69 Å². The Bertz CT molecular complexity index is 509. The van der Waals surface area contributed by atoms with E-state index < -0.39 is 0 Å². The second-order valence-corrected chi connectivity index (χ2v) is 2.95. The molecule has 0 aliphatic heterocycles. The number of hydrogen-bond donors (Lipinski definition) is 1. The summed E-state index contributed by atoms with van der Waals surface area (Å²) in [5, 5.41) is 12.6. The number of aromatic nitrogens is 4. The van der Waals surface area contributed by atoms with Gasteiger partial charge in [0.05, 0.1) is 23.9 Å². The average Bonchev–Trinajstić information content (AvgIpc) is 2.64. The first kappa shape index (κ1) is 9.15. The minimum atomic E-state index is 0.228. The van der Waals surface area contributed by atoms with Gasteiger partial charge in [0.1, 0.15) is 6.33 Å². The lowest BCUT2D eigenvalue weighted by Gasteiger charge is -1.99. The smallest absolute Gasteiger partial charge is 0.239 e. The number of nitrogens with zero attached hydrogens (tertiary/aromatic N) is 5. The molecule has 74 valence electrons. The van der Waals surface area contributed by atoms with Gasteiger partial charge in [0.15, 0.2) is 0 Å². The summed E-state index contributed by atoms with van der Waals surface area (Å²) in [6.07, 6.45) is 3.12. The third-order valence-electron chi connectivity index (χ3n) is 1.82. The fraction of sp³-hybridized carbons (Fsp3) is 0.111. The van der Waals surface area contributed by atoms with Gasteiger partial charge in [-0.05, 0) is 12.1 Å². The molecule has 0 unspecified atom stereocenters. The fourth-order valence-electron chi connectivity index (χ4n) is 1.19. The monoisotopic (exact) mass is 200 g/mol. The van der Waals surface area contributed by atoms with Crippen LogP contribution in [0.3, 0.4) is 0 Å². The number of nitriles is 1. The molecular weight excluding hydrogens is 192 g/mol. The molecule has 0 atom stereocenters. The first-order valence-electron chi connectivity index (χ1n) is 4.28. The van der Waals surface area contributed by atoms with E-state index >= 15 is 0 Å². The zero-order valence-electron chi connectivity index (χ0n) is 7.83. The molecule has 2 aromatic heterocycles. The highest BCUT2D eigenvalue weighted by atomic mass is 15.4. The van der Waals surface area contributed by atoms with Gasteiger partial charge in [-0.15, -0.1) is 5.10 Å². The largest absolute Gasteiger partial charge is 0.367 e. The summed E-state index contributed by atoms with van der Waals surface area (Å²) in [5.41, 5.74) is 6.70. The molecule has 0 bridgehead atoms. The third kappa shape index (κ3) is 2.08. The van der Waals surface area contributed by atoms with Crippen molar-refractivity contribution >= 4 is 5.95 Å². The van der Waals surface area contributed by atoms with Crippen LogP contribution in [0.5, 0.6) is 0 Å². The predicted molar refractivity (Wildman–Crippen MR) is 52.5 cm³/mol. The molecule has 2 N–H and O–H groups in total. The second-order valence-electron chi connectivity index (χ2n) is 2.95. The Labute approximate surface area is 86.0 Å². The summed E-state index contributed by atoms with van der Waals surface area (Å²) in [7, 11) is 0. The molecular formula is C9H8N6. The lowest BCUT2D eigenvalue weighted by atomic mass is 10.2. The van der Waals surface area contributed by atoms with Crippen molar-refractivity contribution in [3.63, 3.8) is 0 Å². The van der Waals surface area contributed by atoms with Crippen LogP contribution in [-0.4, -0.2) is 19.7 Å². The molecule has 0 aromatic carbocycles. The lowest BCUT2D eigenvalue weighted by Crippen LogP contribution is -2.03. The number of hydrogen-bond acceptors (Lipinski definition) is 5. The maximum atomic E-state index is 8.70. The topological polar surface area (TPSA) is 93.4 Å². The van der Waals surface area contributed by atoms with Crippen molar-refractivity contribution in [3.05, 3.63) is 35.9 Å². The van der Waals surface area contributed by atoms with Gasteiger partial charge in [-0.1, -0.05) is 0 Å².